The predicted molar refractivity (Wildman–Crippen MR) is 137 cm³/mol. The number of carbonyl (C=O) groups is 1. The van der Waals surface area contributed by atoms with E-state index < -0.39 is 0 Å². The maximum atomic E-state index is 12.8. The van der Waals surface area contributed by atoms with Gasteiger partial charge in [-0.1, -0.05) is 49.6 Å². The number of hydrogen-bond donors (Lipinski definition) is 2. The van der Waals surface area contributed by atoms with Crippen LogP contribution in [0, 0.1) is 0 Å². The lowest BCUT2D eigenvalue weighted by molar-refractivity contribution is -0.694. The normalized spacial score (nSPS) is 17.6. The molecule has 1 aliphatic heterocycles. The first kappa shape index (κ1) is 22.9. The second-order valence-corrected chi connectivity index (χ2v) is 9.95. The minimum Gasteiger partial charge on any atom is -0.367 e. The summed E-state index contributed by atoms with van der Waals surface area (Å²) in [4.78, 5) is 22.3. The first-order valence-electron chi connectivity index (χ1n) is 12.3. The number of anilines is 2. The Bertz CT molecular complexity index is 1070. The second kappa shape index (κ2) is 11.1. The predicted octanol–water partition coefficient (Wildman–Crippen LogP) is 3.87. The van der Waals surface area contributed by atoms with Crippen LogP contribution in [0.25, 0.3) is 5.69 Å². The summed E-state index contributed by atoms with van der Waals surface area (Å²) in [6.45, 7) is 4.20. The molecule has 178 valence electrons. The Balaban J connectivity index is 1.18. The number of aromatic nitrogens is 3. The number of carbonyl (C=O) groups excluding carboxylic acids is 1. The lowest BCUT2D eigenvalue weighted by atomic mass is 9.94. The van der Waals surface area contributed by atoms with Crippen molar-refractivity contribution in [2.75, 3.05) is 42.1 Å². The largest absolute Gasteiger partial charge is 0.385 e. The van der Waals surface area contributed by atoms with Gasteiger partial charge in [-0.2, -0.15) is 5.10 Å². The molecular formula is C26H33N6OS+. The van der Waals surface area contributed by atoms with E-state index in [1.165, 1.54) is 43.9 Å². The van der Waals surface area contributed by atoms with Crippen molar-refractivity contribution in [1.82, 2.24) is 15.0 Å². The summed E-state index contributed by atoms with van der Waals surface area (Å²) in [6.07, 6.45) is 8.50. The number of piperazine rings is 1. The van der Waals surface area contributed by atoms with Gasteiger partial charge < -0.3 is 10.2 Å². The molecular weight excluding hydrogens is 444 g/mol. The van der Waals surface area contributed by atoms with Gasteiger partial charge >= 0.3 is 5.16 Å². The molecule has 2 aliphatic rings. The summed E-state index contributed by atoms with van der Waals surface area (Å²) in [7, 11) is 0. The lowest BCUT2D eigenvalue weighted by Crippen LogP contribution is -2.51. The molecule has 1 saturated carbocycles. The van der Waals surface area contributed by atoms with E-state index in [1.54, 1.807) is 6.33 Å². The van der Waals surface area contributed by atoms with Crippen LogP contribution in [-0.4, -0.2) is 58.9 Å². The number of nitrogens with zero attached hydrogens (tertiary/aromatic N) is 4. The molecule has 0 atom stereocenters. The zero-order valence-electron chi connectivity index (χ0n) is 19.5. The average Bonchev–Trinajstić information content (AvgIpc) is 3.38. The second-order valence-electron chi connectivity index (χ2n) is 9.01. The minimum absolute atomic E-state index is 0.0269. The van der Waals surface area contributed by atoms with Crippen molar-refractivity contribution in [1.29, 1.82) is 0 Å². The van der Waals surface area contributed by atoms with E-state index >= 15 is 0 Å². The molecule has 7 nitrogen and oxygen atoms in total. The van der Waals surface area contributed by atoms with Crippen LogP contribution in [0.3, 0.4) is 0 Å². The van der Waals surface area contributed by atoms with Crippen molar-refractivity contribution in [3.05, 3.63) is 60.9 Å². The van der Waals surface area contributed by atoms with Gasteiger partial charge in [-0.3, -0.25) is 9.69 Å². The molecule has 5 rings (SSSR count). The molecule has 1 aliphatic carbocycles. The Labute approximate surface area is 205 Å². The standard InChI is InChI=1S/C26H32N6OS/c33-25(19-34-26-27-20-28-32(26)22-11-5-2-6-12-22)29-23-13-7-8-14-24(23)31-17-15-30(16-18-31)21-9-3-1-4-10-21/h2,5-8,11-14,20-21H,1,3-4,9-10,15-19H2,(H,29,33)/p+1. The van der Waals surface area contributed by atoms with Crippen LogP contribution >= 0.6 is 11.8 Å². The fourth-order valence-electron chi connectivity index (χ4n) is 5.06. The zero-order chi connectivity index (χ0) is 23.2. The van der Waals surface area contributed by atoms with Gasteiger partial charge in [-0.05, 0) is 53.9 Å². The van der Waals surface area contributed by atoms with Gasteiger partial charge in [0.1, 0.15) is 0 Å². The molecule has 0 radical (unpaired) electrons. The third-order valence-electron chi connectivity index (χ3n) is 6.82. The van der Waals surface area contributed by atoms with E-state index in [9.17, 15) is 4.79 Å². The smallest absolute Gasteiger partial charge is 0.367 e. The van der Waals surface area contributed by atoms with E-state index in [0.717, 1.165) is 54.4 Å². The molecule has 2 aromatic carbocycles. The van der Waals surface area contributed by atoms with Gasteiger partial charge in [0.2, 0.25) is 12.2 Å². The number of para-hydroxylation sites is 3. The number of benzene rings is 2. The van der Waals surface area contributed by atoms with Gasteiger partial charge in [0, 0.05) is 32.2 Å². The highest BCUT2D eigenvalue weighted by atomic mass is 32.2. The van der Waals surface area contributed by atoms with Crippen LogP contribution in [0.1, 0.15) is 32.1 Å². The van der Waals surface area contributed by atoms with E-state index in [4.69, 9.17) is 0 Å². The third kappa shape index (κ3) is 5.45. The average molecular weight is 478 g/mol. The monoisotopic (exact) mass is 477 g/mol. The molecule has 34 heavy (non-hydrogen) atoms. The minimum atomic E-state index is -0.0269. The zero-order valence-corrected chi connectivity index (χ0v) is 20.3. The summed E-state index contributed by atoms with van der Waals surface area (Å²) in [5.41, 5.74) is 2.99. The summed E-state index contributed by atoms with van der Waals surface area (Å²) in [5.74, 6) is 0.266. The van der Waals surface area contributed by atoms with Crippen molar-refractivity contribution < 1.29 is 9.48 Å². The van der Waals surface area contributed by atoms with E-state index in [-0.39, 0.29) is 5.91 Å². The molecule has 2 heterocycles. The van der Waals surface area contributed by atoms with Crippen molar-refractivity contribution in [2.24, 2.45) is 0 Å². The van der Waals surface area contributed by atoms with Crippen LogP contribution in [0.4, 0.5) is 11.4 Å². The van der Waals surface area contributed by atoms with Crippen LogP contribution in [0.5, 0.6) is 0 Å². The molecule has 3 aromatic rings. The Morgan fingerprint density at radius 1 is 1.00 bits per heavy atom. The topological polar surface area (TPSA) is 68.1 Å². The highest BCUT2D eigenvalue weighted by Gasteiger charge is 2.26. The van der Waals surface area contributed by atoms with Gasteiger partial charge in [0.05, 0.1) is 17.1 Å². The molecule has 2 N–H and O–H groups in total. The molecule has 8 heteroatoms. The highest BCUT2D eigenvalue weighted by molar-refractivity contribution is 7.99. The van der Waals surface area contributed by atoms with Crippen LogP contribution in [0.2, 0.25) is 0 Å². The van der Waals surface area contributed by atoms with Gasteiger partial charge in [-0.15, -0.1) is 4.68 Å². The molecule has 0 spiro atoms. The summed E-state index contributed by atoms with van der Waals surface area (Å²) in [5, 5.41) is 7.02. The van der Waals surface area contributed by atoms with E-state index in [2.05, 4.69) is 37.3 Å². The Hall–Kier alpha value is -2.84. The van der Waals surface area contributed by atoms with Crippen LogP contribution in [-0.2, 0) is 4.79 Å². The fraction of sp³-hybridized carbons (Fsp3) is 0.423. The maximum absolute atomic E-state index is 12.8. The summed E-state index contributed by atoms with van der Waals surface area (Å²) < 4.78 is 1.89. The van der Waals surface area contributed by atoms with Crippen molar-refractivity contribution in [3.8, 4) is 5.69 Å². The van der Waals surface area contributed by atoms with Crippen molar-refractivity contribution in [3.63, 3.8) is 0 Å². The van der Waals surface area contributed by atoms with Crippen LogP contribution in [0.15, 0.2) is 66.1 Å². The number of thioether (sulfide) groups is 1. The first-order valence-corrected chi connectivity index (χ1v) is 13.3. The number of aromatic amines is 1. The SMILES string of the molecule is O=C(CSc1nc[nH][n+]1-c1ccccc1)Nc1ccccc1N1CCN(C2CCCCC2)CC1. The first-order chi connectivity index (χ1) is 16.8. The number of nitrogens with one attached hydrogen (secondary N) is 2. The number of hydrogen-bond acceptors (Lipinski definition) is 5. The molecule has 0 bridgehead atoms. The third-order valence-corrected chi connectivity index (χ3v) is 7.78. The van der Waals surface area contributed by atoms with E-state index in [1.807, 2.05) is 47.1 Å². The summed E-state index contributed by atoms with van der Waals surface area (Å²) in [6, 6.07) is 18.9. The molecule has 2 fully saturated rings. The van der Waals surface area contributed by atoms with Gasteiger partial charge in [-0.25, -0.2) is 0 Å². The maximum Gasteiger partial charge on any atom is 0.385 e. The van der Waals surface area contributed by atoms with Crippen molar-refractivity contribution >= 4 is 29.0 Å². The molecule has 1 aromatic heterocycles. The Morgan fingerprint density at radius 3 is 2.53 bits per heavy atom. The fourth-order valence-corrected chi connectivity index (χ4v) is 5.81. The molecule has 1 saturated heterocycles. The Kier molecular flexibility index (Phi) is 7.46. The number of amides is 1. The van der Waals surface area contributed by atoms with Gasteiger partial charge in [0.15, 0.2) is 5.69 Å². The van der Waals surface area contributed by atoms with Crippen LogP contribution < -0.4 is 14.9 Å². The Morgan fingerprint density at radius 2 is 1.74 bits per heavy atom. The number of rotatable bonds is 7. The number of H-pyrrole nitrogens is 1. The highest BCUT2D eigenvalue weighted by Crippen LogP contribution is 2.29. The van der Waals surface area contributed by atoms with E-state index in [0.29, 0.717) is 5.75 Å². The summed E-state index contributed by atoms with van der Waals surface area (Å²) >= 11 is 1.42. The quantitative estimate of drug-likeness (QED) is 0.399. The molecule has 1 amide bonds. The van der Waals surface area contributed by atoms with Gasteiger partial charge in [0.25, 0.3) is 0 Å². The lowest BCUT2D eigenvalue weighted by Gasteiger charge is -2.42. The van der Waals surface area contributed by atoms with Crippen molar-refractivity contribution in [2.45, 2.75) is 43.3 Å². The molecule has 0 unspecified atom stereocenters.